The number of amides is 1. The topological polar surface area (TPSA) is 47.6 Å². The van der Waals surface area contributed by atoms with Crippen LogP contribution in [0.25, 0.3) is 0 Å². The predicted molar refractivity (Wildman–Crippen MR) is 114 cm³/mol. The lowest BCUT2D eigenvalue weighted by atomic mass is 10.2. The molecule has 0 aromatic heterocycles. The summed E-state index contributed by atoms with van der Waals surface area (Å²) >= 11 is 0. The second-order valence-electron chi connectivity index (χ2n) is 7.30. The zero-order valence-corrected chi connectivity index (χ0v) is 16.3. The van der Waals surface area contributed by atoms with Crippen LogP contribution in [0, 0.1) is 0 Å². The van der Waals surface area contributed by atoms with Gasteiger partial charge in [0, 0.05) is 11.3 Å². The van der Waals surface area contributed by atoms with E-state index in [1.54, 1.807) is 12.1 Å². The maximum absolute atomic E-state index is 12.6. The average molecular weight is 387 g/mol. The Morgan fingerprint density at radius 1 is 0.862 bits per heavy atom. The molecule has 4 nitrogen and oxygen atoms in total. The van der Waals surface area contributed by atoms with Crippen LogP contribution in [0.2, 0.25) is 0 Å². The minimum Gasteiger partial charge on any atom is -0.490 e. The number of ether oxygens (including phenoxy) is 2. The average Bonchev–Trinajstić information content (AvgIpc) is 3.28. The summed E-state index contributed by atoms with van der Waals surface area (Å²) in [5, 5.41) is 2.93. The molecular formula is C25H25NO3. The Morgan fingerprint density at radius 2 is 1.62 bits per heavy atom. The number of rotatable bonds is 7. The normalized spacial score (nSPS) is 13.8. The van der Waals surface area contributed by atoms with Gasteiger partial charge in [0.1, 0.15) is 18.1 Å². The first-order chi connectivity index (χ1) is 14.3. The van der Waals surface area contributed by atoms with E-state index in [1.165, 1.54) is 12.8 Å². The summed E-state index contributed by atoms with van der Waals surface area (Å²) in [7, 11) is 0. The maximum Gasteiger partial charge on any atom is 0.255 e. The van der Waals surface area contributed by atoms with Crippen LogP contribution < -0.4 is 14.8 Å². The van der Waals surface area contributed by atoms with E-state index >= 15 is 0 Å². The van der Waals surface area contributed by atoms with Gasteiger partial charge in [-0.1, -0.05) is 36.4 Å². The van der Waals surface area contributed by atoms with Crippen LogP contribution in [0.5, 0.6) is 11.5 Å². The number of nitrogens with one attached hydrogen (secondary N) is 1. The van der Waals surface area contributed by atoms with Gasteiger partial charge in [-0.2, -0.15) is 0 Å². The number of carbonyl (C=O) groups excluding carboxylic acids is 1. The minimum absolute atomic E-state index is 0.167. The van der Waals surface area contributed by atoms with Crippen molar-refractivity contribution in [3.8, 4) is 11.5 Å². The van der Waals surface area contributed by atoms with E-state index in [0.717, 1.165) is 29.8 Å². The zero-order valence-electron chi connectivity index (χ0n) is 16.3. The van der Waals surface area contributed by atoms with Gasteiger partial charge in [0.25, 0.3) is 5.91 Å². The number of benzene rings is 3. The van der Waals surface area contributed by atoms with E-state index in [-0.39, 0.29) is 5.91 Å². The van der Waals surface area contributed by atoms with Crippen LogP contribution >= 0.6 is 0 Å². The van der Waals surface area contributed by atoms with E-state index in [0.29, 0.717) is 24.0 Å². The van der Waals surface area contributed by atoms with Crippen LogP contribution in [-0.2, 0) is 6.61 Å². The largest absolute Gasteiger partial charge is 0.490 e. The molecule has 29 heavy (non-hydrogen) atoms. The molecule has 0 atom stereocenters. The highest BCUT2D eigenvalue weighted by atomic mass is 16.5. The molecule has 0 unspecified atom stereocenters. The predicted octanol–water partition coefficient (Wildman–Crippen LogP) is 5.84. The first kappa shape index (κ1) is 19.1. The molecule has 0 radical (unpaired) electrons. The smallest absolute Gasteiger partial charge is 0.255 e. The molecule has 3 aromatic rings. The highest BCUT2D eigenvalue weighted by molar-refractivity contribution is 6.04. The molecule has 1 saturated carbocycles. The van der Waals surface area contributed by atoms with E-state index in [2.05, 4.69) is 5.32 Å². The highest BCUT2D eigenvalue weighted by Gasteiger charge is 2.16. The van der Waals surface area contributed by atoms with Gasteiger partial charge in [-0.05, 0) is 73.7 Å². The molecule has 4 rings (SSSR count). The molecule has 0 bridgehead atoms. The van der Waals surface area contributed by atoms with Gasteiger partial charge in [0.05, 0.1) is 6.10 Å². The summed E-state index contributed by atoms with van der Waals surface area (Å²) in [6, 6.07) is 24.7. The van der Waals surface area contributed by atoms with Gasteiger partial charge in [0.2, 0.25) is 0 Å². The number of anilines is 1. The summed E-state index contributed by atoms with van der Waals surface area (Å²) in [4.78, 5) is 12.6. The SMILES string of the molecule is O=C(Nc1ccc(OC2CCCC2)cc1)c1cccc(OCc2ccccc2)c1. The number of hydrogen-bond donors (Lipinski definition) is 1. The Hall–Kier alpha value is -3.27. The Morgan fingerprint density at radius 3 is 2.38 bits per heavy atom. The lowest BCUT2D eigenvalue weighted by Crippen LogP contribution is -2.13. The number of hydrogen-bond acceptors (Lipinski definition) is 3. The van der Waals surface area contributed by atoms with Crippen molar-refractivity contribution in [1.82, 2.24) is 0 Å². The Labute approximate surface area is 171 Å². The molecule has 0 aliphatic heterocycles. The molecule has 1 aliphatic carbocycles. The Bertz CT molecular complexity index is 932. The fourth-order valence-corrected chi connectivity index (χ4v) is 3.49. The lowest BCUT2D eigenvalue weighted by molar-refractivity contribution is 0.102. The van der Waals surface area contributed by atoms with Gasteiger partial charge < -0.3 is 14.8 Å². The third kappa shape index (κ3) is 5.38. The van der Waals surface area contributed by atoms with Gasteiger partial charge in [0.15, 0.2) is 0 Å². The molecule has 1 fully saturated rings. The van der Waals surface area contributed by atoms with Crippen molar-refractivity contribution in [1.29, 1.82) is 0 Å². The molecule has 0 spiro atoms. The van der Waals surface area contributed by atoms with E-state index in [9.17, 15) is 4.79 Å². The van der Waals surface area contributed by atoms with Crippen molar-refractivity contribution in [2.75, 3.05) is 5.32 Å². The summed E-state index contributed by atoms with van der Waals surface area (Å²) in [6.07, 6.45) is 5.07. The third-order valence-corrected chi connectivity index (χ3v) is 5.06. The van der Waals surface area contributed by atoms with Gasteiger partial charge in [-0.25, -0.2) is 0 Å². The first-order valence-electron chi connectivity index (χ1n) is 10.1. The van der Waals surface area contributed by atoms with Crippen LogP contribution in [0.15, 0.2) is 78.9 Å². The van der Waals surface area contributed by atoms with Crippen LogP contribution in [0.1, 0.15) is 41.6 Å². The molecule has 1 aliphatic rings. The Kier molecular flexibility index (Phi) is 6.10. The van der Waals surface area contributed by atoms with E-state index < -0.39 is 0 Å². The fourth-order valence-electron chi connectivity index (χ4n) is 3.49. The molecule has 1 N–H and O–H groups in total. The molecule has 0 heterocycles. The summed E-state index contributed by atoms with van der Waals surface area (Å²) in [5.41, 5.74) is 2.38. The number of carbonyl (C=O) groups is 1. The fraction of sp³-hybridized carbons (Fsp3) is 0.240. The Balaban J connectivity index is 1.34. The van der Waals surface area contributed by atoms with Crippen LogP contribution in [0.4, 0.5) is 5.69 Å². The quantitative estimate of drug-likeness (QED) is 0.554. The molecule has 4 heteroatoms. The molecule has 148 valence electrons. The van der Waals surface area contributed by atoms with Gasteiger partial charge >= 0.3 is 0 Å². The standard InChI is InChI=1S/C25H25NO3/c27-25(26-21-13-15-23(16-14-21)29-22-10-4-5-11-22)20-9-6-12-24(17-20)28-18-19-7-2-1-3-8-19/h1-3,6-9,12-17,22H,4-5,10-11,18H2,(H,26,27). The van der Waals surface area contributed by atoms with Gasteiger partial charge in [-0.3, -0.25) is 4.79 Å². The molecule has 3 aromatic carbocycles. The molecule has 0 saturated heterocycles. The summed E-state index contributed by atoms with van der Waals surface area (Å²) < 4.78 is 11.8. The van der Waals surface area contributed by atoms with Crippen molar-refractivity contribution in [3.63, 3.8) is 0 Å². The third-order valence-electron chi connectivity index (χ3n) is 5.06. The van der Waals surface area contributed by atoms with Crippen LogP contribution in [0.3, 0.4) is 0 Å². The molecule has 1 amide bonds. The summed E-state index contributed by atoms with van der Waals surface area (Å²) in [5.74, 6) is 1.35. The highest BCUT2D eigenvalue weighted by Crippen LogP contribution is 2.25. The van der Waals surface area contributed by atoms with Crippen molar-refractivity contribution in [2.24, 2.45) is 0 Å². The first-order valence-corrected chi connectivity index (χ1v) is 10.1. The zero-order chi connectivity index (χ0) is 19.9. The van der Waals surface area contributed by atoms with Crippen LogP contribution in [-0.4, -0.2) is 12.0 Å². The van der Waals surface area contributed by atoms with E-state index in [4.69, 9.17) is 9.47 Å². The lowest BCUT2D eigenvalue weighted by Gasteiger charge is -2.13. The van der Waals surface area contributed by atoms with Crippen molar-refractivity contribution >= 4 is 11.6 Å². The van der Waals surface area contributed by atoms with Crippen molar-refractivity contribution < 1.29 is 14.3 Å². The maximum atomic E-state index is 12.6. The summed E-state index contributed by atoms with van der Waals surface area (Å²) in [6.45, 7) is 0.467. The second-order valence-corrected chi connectivity index (χ2v) is 7.30. The minimum atomic E-state index is -0.167. The van der Waals surface area contributed by atoms with Crippen molar-refractivity contribution in [2.45, 2.75) is 38.4 Å². The van der Waals surface area contributed by atoms with Crippen molar-refractivity contribution in [3.05, 3.63) is 90.0 Å². The molecular weight excluding hydrogens is 362 g/mol. The second kappa shape index (κ2) is 9.28. The monoisotopic (exact) mass is 387 g/mol. The van der Waals surface area contributed by atoms with Gasteiger partial charge in [-0.15, -0.1) is 0 Å². The van der Waals surface area contributed by atoms with E-state index in [1.807, 2.05) is 66.7 Å².